The fourth-order valence-corrected chi connectivity index (χ4v) is 4.84. The first-order valence-electron chi connectivity index (χ1n) is 12.0. The molecule has 2 aliphatic heterocycles. The normalized spacial score (nSPS) is 20.8. The van der Waals surface area contributed by atoms with Crippen LogP contribution in [0.3, 0.4) is 0 Å². The van der Waals surface area contributed by atoms with Gasteiger partial charge < -0.3 is 4.74 Å². The first-order valence-corrected chi connectivity index (χ1v) is 12.0. The number of carbonyl (C=O) groups is 2. The number of hydrazone groups is 1. The molecule has 2 aliphatic rings. The summed E-state index contributed by atoms with van der Waals surface area (Å²) in [4.78, 5) is 27.7. The Morgan fingerprint density at radius 3 is 2.76 bits per heavy atom. The van der Waals surface area contributed by atoms with Crippen molar-refractivity contribution in [3.05, 3.63) is 70.5 Å². The fraction of sp³-hybridized carbons (Fsp3) is 0.444. The molecule has 0 saturated carbocycles. The van der Waals surface area contributed by atoms with Crippen LogP contribution in [0.25, 0.3) is 0 Å². The Kier molecular flexibility index (Phi) is 7.41. The molecule has 0 bridgehead atoms. The number of benzene rings is 2. The molecule has 1 amide bonds. The maximum Gasteiger partial charge on any atom is 0.310 e. The lowest BCUT2D eigenvalue weighted by Crippen LogP contribution is -2.44. The van der Waals surface area contributed by atoms with E-state index in [0.717, 1.165) is 47.4 Å². The second kappa shape index (κ2) is 10.5. The number of hydrogen-bond donors (Lipinski definition) is 0. The molecule has 34 heavy (non-hydrogen) atoms. The second-order valence-corrected chi connectivity index (χ2v) is 9.20. The number of amides is 1. The van der Waals surface area contributed by atoms with Crippen LogP contribution in [0, 0.1) is 25.6 Å². The Morgan fingerprint density at radius 1 is 1.18 bits per heavy atom. The van der Waals surface area contributed by atoms with Crippen LogP contribution in [-0.4, -0.2) is 53.7 Å². The van der Waals surface area contributed by atoms with Gasteiger partial charge in [0.2, 0.25) is 0 Å². The van der Waals surface area contributed by atoms with Crippen LogP contribution >= 0.6 is 0 Å². The number of hydrogen-bond acceptors (Lipinski definition) is 5. The van der Waals surface area contributed by atoms with E-state index in [1.165, 1.54) is 17.1 Å². The maximum absolute atomic E-state index is 14.0. The summed E-state index contributed by atoms with van der Waals surface area (Å²) in [5, 5.41) is 6.27. The number of ether oxygens (including phenoxy) is 1. The molecular weight excluding hydrogens is 433 g/mol. The van der Waals surface area contributed by atoms with Crippen molar-refractivity contribution in [3.63, 3.8) is 0 Å². The first-order chi connectivity index (χ1) is 16.4. The summed E-state index contributed by atoms with van der Waals surface area (Å²) in [6.07, 6.45) is 2.13. The van der Waals surface area contributed by atoms with Gasteiger partial charge in [0.15, 0.2) is 0 Å². The van der Waals surface area contributed by atoms with Crippen molar-refractivity contribution < 1.29 is 18.7 Å². The number of piperidine rings is 1. The van der Waals surface area contributed by atoms with Crippen LogP contribution in [0.5, 0.6) is 0 Å². The molecule has 2 aromatic carbocycles. The van der Waals surface area contributed by atoms with E-state index in [2.05, 4.69) is 18.2 Å². The van der Waals surface area contributed by atoms with Crippen LogP contribution in [0.2, 0.25) is 0 Å². The molecule has 0 spiro atoms. The van der Waals surface area contributed by atoms with Crippen molar-refractivity contribution in [2.45, 2.75) is 46.1 Å². The number of aryl methyl sites for hydroxylation is 2. The first kappa shape index (κ1) is 24.1. The standard InChI is InChI=1S/C27H32FN3O3/c1-4-34-27(33)21-8-6-12-30(16-21)17-26(32)31-25(20-7-5-9-22(28)14-20)15-24(29-31)23-13-18(2)10-11-19(23)3/h5,7,9-11,13-14,21,25H,4,6,8,12,15-17H2,1-3H3/t21-,25-/m1/s1. The number of halogens is 1. The molecule has 0 aliphatic carbocycles. The molecule has 1 saturated heterocycles. The van der Waals surface area contributed by atoms with E-state index in [0.29, 0.717) is 19.6 Å². The summed E-state index contributed by atoms with van der Waals surface area (Å²) in [6, 6.07) is 12.2. The smallest absolute Gasteiger partial charge is 0.310 e. The summed E-state index contributed by atoms with van der Waals surface area (Å²) in [7, 11) is 0. The van der Waals surface area contributed by atoms with Gasteiger partial charge in [0.05, 0.1) is 30.8 Å². The predicted molar refractivity (Wildman–Crippen MR) is 129 cm³/mol. The van der Waals surface area contributed by atoms with E-state index in [1.807, 2.05) is 24.8 Å². The van der Waals surface area contributed by atoms with Gasteiger partial charge in [-0.1, -0.05) is 29.8 Å². The molecule has 2 heterocycles. The maximum atomic E-state index is 14.0. The van der Waals surface area contributed by atoms with Gasteiger partial charge in [-0.2, -0.15) is 5.10 Å². The summed E-state index contributed by atoms with van der Waals surface area (Å²) in [6.45, 7) is 7.61. The Bertz CT molecular complexity index is 1100. The average Bonchev–Trinajstić information content (AvgIpc) is 3.26. The van der Waals surface area contributed by atoms with Crippen LogP contribution in [0.15, 0.2) is 47.6 Å². The van der Waals surface area contributed by atoms with Gasteiger partial charge in [0, 0.05) is 18.5 Å². The largest absolute Gasteiger partial charge is 0.466 e. The summed E-state index contributed by atoms with van der Waals surface area (Å²) >= 11 is 0. The van der Waals surface area contributed by atoms with Crippen molar-refractivity contribution in [2.24, 2.45) is 11.0 Å². The highest BCUT2D eigenvalue weighted by atomic mass is 19.1. The Morgan fingerprint density at radius 2 is 2.00 bits per heavy atom. The minimum absolute atomic E-state index is 0.154. The third-order valence-corrected chi connectivity index (χ3v) is 6.59. The SMILES string of the molecule is CCOC(=O)[C@@H]1CCCN(CC(=O)N2N=C(c3cc(C)ccc3C)C[C@@H]2c2cccc(F)c2)C1. The summed E-state index contributed by atoms with van der Waals surface area (Å²) in [5.41, 5.74) is 4.77. The molecule has 1 fully saturated rings. The van der Waals surface area contributed by atoms with E-state index >= 15 is 0 Å². The van der Waals surface area contributed by atoms with Gasteiger partial charge >= 0.3 is 5.97 Å². The number of carbonyl (C=O) groups excluding carboxylic acids is 2. The highest BCUT2D eigenvalue weighted by Crippen LogP contribution is 2.34. The van der Waals surface area contributed by atoms with E-state index in [-0.39, 0.29) is 36.2 Å². The van der Waals surface area contributed by atoms with Gasteiger partial charge in [-0.05, 0) is 69.5 Å². The van der Waals surface area contributed by atoms with Crippen molar-refractivity contribution in [3.8, 4) is 0 Å². The number of rotatable bonds is 6. The minimum Gasteiger partial charge on any atom is -0.466 e. The Balaban J connectivity index is 1.57. The molecule has 180 valence electrons. The van der Waals surface area contributed by atoms with Gasteiger partial charge in [-0.3, -0.25) is 14.5 Å². The zero-order valence-electron chi connectivity index (χ0n) is 20.1. The summed E-state index contributed by atoms with van der Waals surface area (Å²) < 4.78 is 19.2. The lowest BCUT2D eigenvalue weighted by molar-refractivity contribution is -0.150. The van der Waals surface area contributed by atoms with Crippen molar-refractivity contribution in [1.29, 1.82) is 0 Å². The van der Waals surface area contributed by atoms with Gasteiger partial charge in [-0.15, -0.1) is 0 Å². The van der Waals surface area contributed by atoms with Crippen LogP contribution < -0.4 is 0 Å². The molecular formula is C27H32FN3O3. The molecule has 0 unspecified atom stereocenters. The monoisotopic (exact) mass is 465 g/mol. The number of likely N-dealkylation sites (tertiary alicyclic amines) is 1. The number of esters is 1. The molecule has 0 aromatic heterocycles. The third kappa shape index (κ3) is 5.36. The highest BCUT2D eigenvalue weighted by Gasteiger charge is 2.35. The number of nitrogens with zero attached hydrogens (tertiary/aromatic N) is 3. The topological polar surface area (TPSA) is 62.2 Å². The quantitative estimate of drug-likeness (QED) is 0.594. The zero-order valence-corrected chi connectivity index (χ0v) is 20.1. The molecule has 7 heteroatoms. The van der Waals surface area contributed by atoms with E-state index < -0.39 is 0 Å². The van der Waals surface area contributed by atoms with Crippen LogP contribution in [0.1, 0.15) is 54.5 Å². The van der Waals surface area contributed by atoms with Gasteiger partial charge in [0.25, 0.3) is 5.91 Å². The molecule has 0 N–H and O–H groups in total. The molecule has 2 atom stereocenters. The van der Waals surface area contributed by atoms with E-state index in [9.17, 15) is 14.0 Å². The van der Waals surface area contributed by atoms with Crippen LogP contribution in [0.4, 0.5) is 4.39 Å². The van der Waals surface area contributed by atoms with E-state index in [4.69, 9.17) is 9.84 Å². The molecule has 4 rings (SSSR count). The third-order valence-electron chi connectivity index (χ3n) is 6.59. The van der Waals surface area contributed by atoms with E-state index in [1.54, 1.807) is 13.0 Å². The Hall–Kier alpha value is -3.06. The lowest BCUT2D eigenvalue weighted by atomic mass is 9.95. The van der Waals surface area contributed by atoms with Crippen LogP contribution in [-0.2, 0) is 14.3 Å². The molecule has 2 aromatic rings. The minimum atomic E-state index is -0.372. The highest BCUT2D eigenvalue weighted by molar-refractivity contribution is 6.04. The fourth-order valence-electron chi connectivity index (χ4n) is 4.84. The predicted octanol–water partition coefficient (Wildman–Crippen LogP) is 4.40. The summed E-state index contributed by atoms with van der Waals surface area (Å²) in [5.74, 6) is -0.903. The van der Waals surface area contributed by atoms with Crippen molar-refractivity contribution in [1.82, 2.24) is 9.91 Å². The Labute approximate surface area is 200 Å². The van der Waals surface area contributed by atoms with Crippen molar-refractivity contribution in [2.75, 3.05) is 26.2 Å². The molecule has 6 nitrogen and oxygen atoms in total. The average molecular weight is 466 g/mol. The van der Waals surface area contributed by atoms with Gasteiger partial charge in [0.1, 0.15) is 5.82 Å². The zero-order chi connectivity index (χ0) is 24.2. The van der Waals surface area contributed by atoms with Gasteiger partial charge in [-0.25, -0.2) is 9.40 Å². The van der Waals surface area contributed by atoms with Crippen molar-refractivity contribution >= 4 is 17.6 Å². The lowest BCUT2D eigenvalue weighted by Gasteiger charge is -2.32. The molecule has 0 radical (unpaired) electrons. The second-order valence-electron chi connectivity index (χ2n) is 9.20.